The van der Waals surface area contributed by atoms with Gasteiger partial charge in [-0.3, -0.25) is 10.1 Å². The fourth-order valence-corrected chi connectivity index (χ4v) is 3.28. The third kappa shape index (κ3) is 4.52. The van der Waals surface area contributed by atoms with E-state index in [1.807, 2.05) is 18.5 Å². The normalized spacial score (nSPS) is 11.7. The van der Waals surface area contributed by atoms with Gasteiger partial charge >= 0.3 is 0 Å². The lowest BCUT2D eigenvalue weighted by atomic mass is 10.0. The van der Waals surface area contributed by atoms with Gasteiger partial charge in [0.05, 0.1) is 10.6 Å². The van der Waals surface area contributed by atoms with Gasteiger partial charge in [-0.05, 0) is 37.6 Å². The Morgan fingerprint density at radius 2 is 1.83 bits per heavy atom. The molecule has 0 amide bonds. The molecular formula is C17H25N3O3Si. The minimum Gasteiger partial charge on any atom is -0.360 e. The van der Waals surface area contributed by atoms with Crippen molar-refractivity contribution in [3.8, 4) is 11.1 Å². The third-order valence-corrected chi connectivity index (χ3v) is 5.66. The Morgan fingerprint density at radius 1 is 1.21 bits per heavy atom. The highest BCUT2D eigenvalue weighted by atomic mass is 28.3. The molecule has 24 heavy (non-hydrogen) atoms. The molecular weight excluding hydrogens is 322 g/mol. The fraction of sp³-hybridized carbons (Fsp3) is 0.471. The van der Waals surface area contributed by atoms with Crippen LogP contribution in [0.2, 0.25) is 25.7 Å². The fourth-order valence-electron chi connectivity index (χ4n) is 2.52. The molecule has 0 spiro atoms. The van der Waals surface area contributed by atoms with Crippen LogP contribution < -0.4 is 0 Å². The van der Waals surface area contributed by atoms with Crippen LogP contribution >= 0.6 is 0 Å². The molecule has 1 aromatic carbocycles. The number of benzene rings is 1. The zero-order valence-electron chi connectivity index (χ0n) is 15.0. The number of non-ortho nitro benzene ring substituents is 1. The molecule has 0 unspecified atom stereocenters. The molecule has 0 aliphatic heterocycles. The van der Waals surface area contributed by atoms with Crippen molar-refractivity contribution < 1.29 is 9.66 Å². The predicted molar refractivity (Wildman–Crippen MR) is 97.9 cm³/mol. The first-order valence-corrected chi connectivity index (χ1v) is 11.8. The minimum atomic E-state index is -1.09. The van der Waals surface area contributed by atoms with E-state index in [2.05, 4.69) is 24.7 Å². The van der Waals surface area contributed by atoms with E-state index in [4.69, 9.17) is 4.74 Å². The zero-order chi connectivity index (χ0) is 17.9. The number of nitrogens with zero attached hydrogens (tertiary/aromatic N) is 3. The number of nitro groups is 1. The van der Waals surface area contributed by atoms with Crippen molar-refractivity contribution >= 4 is 13.8 Å². The van der Waals surface area contributed by atoms with Crippen molar-refractivity contribution in [3.05, 3.63) is 45.8 Å². The first kappa shape index (κ1) is 18.3. The summed E-state index contributed by atoms with van der Waals surface area (Å²) in [7, 11) is -1.09. The second kappa shape index (κ2) is 7.27. The molecule has 0 saturated heterocycles. The molecule has 0 radical (unpaired) electrons. The van der Waals surface area contributed by atoms with E-state index in [-0.39, 0.29) is 10.6 Å². The predicted octanol–water partition coefficient (Wildman–Crippen LogP) is 4.39. The van der Waals surface area contributed by atoms with Gasteiger partial charge in [-0.25, -0.2) is 4.68 Å². The van der Waals surface area contributed by atoms with Crippen molar-refractivity contribution in [2.75, 3.05) is 6.61 Å². The van der Waals surface area contributed by atoms with Crippen LogP contribution in [0.5, 0.6) is 0 Å². The van der Waals surface area contributed by atoms with Crippen molar-refractivity contribution in [2.45, 2.75) is 46.3 Å². The standard InChI is InChI=1S/C17H25N3O3Si/c1-13-17(15-6-8-16(9-7-15)20(21)22)14(2)19(18-13)12-23-10-11-24(3,4)5/h6-9H,10-12H2,1-5H3. The molecule has 7 heteroatoms. The summed E-state index contributed by atoms with van der Waals surface area (Å²) in [6.07, 6.45) is 0. The van der Waals surface area contributed by atoms with Crippen LogP contribution in [0.4, 0.5) is 5.69 Å². The summed E-state index contributed by atoms with van der Waals surface area (Å²) in [5, 5.41) is 15.3. The van der Waals surface area contributed by atoms with Gasteiger partial charge in [0, 0.05) is 38.1 Å². The quantitative estimate of drug-likeness (QED) is 0.322. The molecule has 0 atom stereocenters. The summed E-state index contributed by atoms with van der Waals surface area (Å²) in [5.74, 6) is 0. The van der Waals surface area contributed by atoms with E-state index < -0.39 is 8.07 Å². The van der Waals surface area contributed by atoms with Gasteiger partial charge < -0.3 is 4.74 Å². The van der Waals surface area contributed by atoms with Crippen molar-refractivity contribution in [2.24, 2.45) is 0 Å². The first-order chi connectivity index (χ1) is 11.2. The van der Waals surface area contributed by atoms with Crippen LogP contribution in [0.25, 0.3) is 11.1 Å². The SMILES string of the molecule is Cc1nn(COCC[Si](C)(C)C)c(C)c1-c1ccc([N+](=O)[O-])cc1. The molecule has 2 rings (SSSR count). The largest absolute Gasteiger partial charge is 0.360 e. The number of hydrogen-bond acceptors (Lipinski definition) is 4. The van der Waals surface area contributed by atoms with Gasteiger partial charge in [-0.15, -0.1) is 0 Å². The lowest BCUT2D eigenvalue weighted by molar-refractivity contribution is -0.384. The summed E-state index contributed by atoms with van der Waals surface area (Å²) in [6, 6.07) is 7.71. The molecule has 0 aliphatic carbocycles. The van der Waals surface area contributed by atoms with Crippen molar-refractivity contribution in [3.63, 3.8) is 0 Å². The van der Waals surface area contributed by atoms with E-state index in [0.29, 0.717) is 6.73 Å². The monoisotopic (exact) mass is 347 g/mol. The Hall–Kier alpha value is -1.99. The summed E-state index contributed by atoms with van der Waals surface area (Å²) < 4.78 is 7.63. The average molecular weight is 347 g/mol. The van der Waals surface area contributed by atoms with Crippen molar-refractivity contribution in [1.82, 2.24) is 9.78 Å². The zero-order valence-corrected chi connectivity index (χ0v) is 16.0. The van der Waals surface area contributed by atoms with E-state index in [9.17, 15) is 10.1 Å². The highest BCUT2D eigenvalue weighted by Crippen LogP contribution is 2.28. The number of nitro benzene ring substituents is 1. The molecule has 0 fully saturated rings. The molecule has 0 aliphatic rings. The second-order valence-electron chi connectivity index (χ2n) is 7.20. The molecule has 1 heterocycles. The highest BCUT2D eigenvalue weighted by Gasteiger charge is 2.16. The Bertz CT molecular complexity index is 718. The molecule has 6 nitrogen and oxygen atoms in total. The maximum atomic E-state index is 10.8. The number of aromatic nitrogens is 2. The highest BCUT2D eigenvalue weighted by molar-refractivity contribution is 6.76. The third-order valence-electron chi connectivity index (χ3n) is 3.96. The molecule has 2 aromatic rings. The lowest BCUT2D eigenvalue weighted by Crippen LogP contribution is -2.22. The van der Waals surface area contributed by atoms with Gasteiger partial charge in [0.2, 0.25) is 0 Å². The van der Waals surface area contributed by atoms with Gasteiger partial charge in [-0.2, -0.15) is 5.10 Å². The van der Waals surface area contributed by atoms with Crippen LogP contribution in [0.3, 0.4) is 0 Å². The van der Waals surface area contributed by atoms with E-state index in [1.54, 1.807) is 12.1 Å². The molecule has 130 valence electrons. The smallest absolute Gasteiger partial charge is 0.269 e. The molecule has 0 N–H and O–H groups in total. The van der Waals surface area contributed by atoms with Crippen LogP contribution in [0, 0.1) is 24.0 Å². The average Bonchev–Trinajstić information content (AvgIpc) is 2.77. The van der Waals surface area contributed by atoms with Crippen LogP contribution in [-0.2, 0) is 11.5 Å². The number of ether oxygens (including phenoxy) is 1. The molecule has 1 aromatic heterocycles. The Kier molecular flexibility index (Phi) is 5.56. The van der Waals surface area contributed by atoms with Gasteiger partial charge in [0.15, 0.2) is 0 Å². The maximum Gasteiger partial charge on any atom is 0.269 e. The minimum absolute atomic E-state index is 0.0936. The van der Waals surface area contributed by atoms with E-state index in [1.165, 1.54) is 12.1 Å². The Morgan fingerprint density at radius 3 is 2.38 bits per heavy atom. The summed E-state index contributed by atoms with van der Waals surface area (Å²) >= 11 is 0. The van der Waals surface area contributed by atoms with E-state index >= 15 is 0 Å². The number of rotatable bonds is 7. The number of aryl methyl sites for hydroxylation is 1. The van der Waals surface area contributed by atoms with Crippen LogP contribution in [0.15, 0.2) is 24.3 Å². The van der Waals surface area contributed by atoms with E-state index in [0.717, 1.165) is 35.2 Å². The topological polar surface area (TPSA) is 70.2 Å². The second-order valence-corrected chi connectivity index (χ2v) is 12.8. The van der Waals surface area contributed by atoms with Gasteiger partial charge in [0.1, 0.15) is 6.73 Å². The summed E-state index contributed by atoms with van der Waals surface area (Å²) in [5.41, 5.74) is 3.95. The summed E-state index contributed by atoms with van der Waals surface area (Å²) in [4.78, 5) is 10.4. The molecule has 0 saturated carbocycles. The van der Waals surface area contributed by atoms with Gasteiger partial charge in [-0.1, -0.05) is 19.6 Å². The lowest BCUT2D eigenvalue weighted by Gasteiger charge is -2.15. The Labute approximate surface area is 143 Å². The van der Waals surface area contributed by atoms with Gasteiger partial charge in [0.25, 0.3) is 5.69 Å². The maximum absolute atomic E-state index is 10.8. The molecule has 0 bridgehead atoms. The van der Waals surface area contributed by atoms with Crippen molar-refractivity contribution in [1.29, 1.82) is 0 Å². The summed E-state index contributed by atoms with van der Waals surface area (Å²) in [6.45, 7) is 12.1. The number of hydrogen-bond donors (Lipinski definition) is 0. The van der Waals surface area contributed by atoms with Crippen LogP contribution in [-0.4, -0.2) is 29.4 Å². The van der Waals surface area contributed by atoms with Crippen LogP contribution in [0.1, 0.15) is 11.4 Å². The first-order valence-electron chi connectivity index (χ1n) is 8.05. The Balaban J connectivity index is 2.12.